The van der Waals surface area contributed by atoms with Crippen LogP contribution >= 0.6 is 0 Å². The summed E-state index contributed by atoms with van der Waals surface area (Å²) in [5.74, 6) is 0. The lowest BCUT2D eigenvalue weighted by Crippen LogP contribution is -2.29. The van der Waals surface area contributed by atoms with Crippen LogP contribution < -0.4 is 0 Å². The van der Waals surface area contributed by atoms with E-state index in [9.17, 15) is 5.11 Å². The fourth-order valence-electron chi connectivity index (χ4n) is 5.38. The molecule has 0 bridgehead atoms. The Bertz CT molecular complexity index is 538. The Hall–Kier alpha value is -0.860. The van der Waals surface area contributed by atoms with Gasteiger partial charge in [0.2, 0.25) is 0 Å². The Labute approximate surface area is 253 Å². The molecule has 0 aliphatic carbocycles. The van der Waals surface area contributed by atoms with Gasteiger partial charge in [-0.15, -0.1) is 0 Å². The van der Waals surface area contributed by atoms with Crippen molar-refractivity contribution < 1.29 is 5.11 Å². The SMILES string of the molecule is CCCCC/C=C\C/C=C\CCCCCCCCN(CCO)CCCCCCCC/C=C\CCCCCCCC. The molecule has 236 valence electrons. The highest BCUT2D eigenvalue weighted by Crippen LogP contribution is 2.12. The third kappa shape index (κ3) is 33.3. The molecule has 40 heavy (non-hydrogen) atoms. The summed E-state index contributed by atoms with van der Waals surface area (Å²) in [6.07, 6.45) is 49.0. The largest absolute Gasteiger partial charge is 0.395 e. The van der Waals surface area contributed by atoms with Crippen LogP contribution in [-0.2, 0) is 0 Å². The summed E-state index contributed by atoms with van der Waals surface area (Å²) in [6, 6.07) is 0. The summed E-state index contributed by atoms with van der Waals surface area (Å²) < 4.78 is 0. The first kappa shape index (κ1) is 39.1. The van der Waals surface area contributed by atoms with E-state index < -0.39 is 0 Å². The molecular formula is C38H73NO. The van der Waals surface area contributed by atoms with Gasteiger partial charge in [-0.3, -0.25) is 0 Å². The van der Waals surface area contributed by atoms with Crippen molar-refractivity contribution in [2.45, 2.75) is 181 Å². The van der Waals surface area contributed by atoms with E-state index in [0.717, 1.165) is 13.0 Å². The molecule has 0 heterocycles. The van der Waals surface area contributed by atoms with Crippen LogP contribution in [0.15, 0.2) is 36.5 Å². The zero-order valence-electron chi connectivity index (χ0n) is 27.6. The maximum Gasteiger partial charge on any atom is 0.0558 e. The van der Waals surface area contributed by atoms with Crippen LogP contribution in [0.4, 0.5) is 0 Å². The lowest BCUT2D eigenvalue weighted by atomic mass is 10.1. The molecule has 0 spiro atoms. The van der Waals surface area contributed by atoms with E-state index in [1.165, 1.54) is 174 Å². The molecule has 0 radical (unpaired) electrons. The predicted octanol–water partition coefficient (Wildman–Crippen LogP) is 12.1. The molecule has 0 aromatic heterocycles. The number of aliphatic hydroxyl groups excluding tert-OH is 1. The van der Waals surface area contributed by atoms with Crippen LogP contribution in [0.3, 0.4) is 0 Å². The second-order valence-corrected chi connectivity index (χ2v) is 12.1. The van der Waals surface area contributed by atoms with Gasteiger partial charge in [-0.25, -0.2) is 0 Å². The molecule has 0 atom stereocenters. The van der Waals surface area contributed by atoms with Gasteiger partial charge in [0, 0.05) is 6.54 Å². The van der Waals surface area contributed by atoms with Gasteiger partial charge >= 0.3 is 0 Å². The lowest BCUT2D eigenvalue weighted by molar-refractivity contribution is 0.190. The van der Waals surface area contributed by atoms with Crippen molar-refractivity contribution in [1.29, 1.82) is 0 Å². The number of hydrogen-bond donors (Lipinski definition) is 1. The van der Waals surface area contributed by atoms with E-state index in [-0.39, 0.29) is 0 Å². The molecule has 0 rings (SSSR count). The topological polar surface area (TPSA) is 23.5 Å². The monoisotopic (exact) mass is 560 g/mol. The molecule has 0 aliphatic rings. The molecule has 2 heteroatoms. The molecule has 0 aromatic rings. The molecule has 0 unspecified atom stereocenters. The van der Waals surface area contributed by atoms with Crippen molar-refractivity contribution in [2.75, 3.05) is 26.2 Å². The van der Waals surface area contributed by atoms with E-state index >= 15 is 0 Å². The van der Waals surface area contributed by atoms with Crippen LogP contribution in [0.1, 0.15) is 181 Å². The van der Waals surface area contributed by atoms with Crippen LogP contribution in [0.25, 0.3) is 0 Å². The molecule has 0 aromatic carbocycles. The van der Waals surface area contributed by atoms with Crippen molar-refractivity contribution in [3.63, 3.8) is 0 Å². The Morgan fingerprint density at radius 1 is 0.375 bits per heavy atom. The zero-order chi connectivity index (χ0) is 29.0. The van der Waals surface area contributed by atoms with Crippen LogP contribution in [0.5, 0.6) is 0 Å². The summed E-state index contributed by atoms with van der Waals surface area (Å²) >= 11 is 0. The van der Waals surface area contributed by atoms with Gasteiger partial charge in [0.25, 0.3) is 0 Å². The highest BCUT2D eigenvalue weighted by atomic mass is 16.3. The Kier molecular flexibility index (Phi) is 35.4. The summed E-state index contributed by atoms with van der Waals surface area (Å²) in [5, 5.41) is 9.45. The third-order valence-electron chi connectivity index (χ3n) is 8.08. The highest BCUT2D eigenvalue weighted by Gasteiger charge is 2.04. The van der Waals surface area contributed by atoms with Crippen molar-refractivity contribution in [3.05, 3.63) is 36.5 Å². The highest BCUT2D eigenvalue weighted by molar-refractivity contribution is 4.92. The lowest BCUT2D eigenvalue weighted by Gasteiger charge is -2.21. The number of nitrogens with zero attached hydrogens (tertiary/aromatic N) is 1. The molecule has 0 saturated carbocycles. The fourth-order valence-corrected chi connectivity index (χ4v) is 5.38. The molecule has 1 N–H and O–H groups in total. The maximum absolute atomic E-state index is 9.45. The van der Waals surface area contributed by atoms with Gasteiger partial charge in [-0.1, -0.05) is 147 Å². The summed E-state index contributed by atoms with van der Waals surface area (Å²) in [4.78, 5) is 2.50. The van der Waals surface area contributed by atoms with E-state index in [1.54, 1.807) is 0 Å². The second-order valence-electron chi connectivity index (χ2n) is 12.1. The van der Waals surface area contributed by atoms with Gasteiger partial charge in [-0.05, 0) is 83.7 Å². The van der Waals surface area contributed by atoms with E-state index in [0.29, 0.717) is 6.61 Å². The molecule has 0 aliphatic heterocycles. The number of hydrogen-bond acceptors (Lipinski definition) is 2. The van der Waals surface area contributed by atoms with E-state index in [4.69, 9.17) is 0 Å². The number of unbranched alkanes of at least 4 members (excludes halogenated alkanes) is 21. The minimum Gasteiger partial charge on any atom is -0.395 e. The van der Waals surface area contributed by atoms with E-state index in [2.05, 4.69) is 55.2 Å². The van der Waals surface area contributed by atoms with Crippen molar-refractivity contribution in [1.82, 2.24) is 4.90 Å². The molecular weight excluding hydrogens is 486 g/mol. The third-order valence-corrected chi connectivity index (χ3v) is 8.08. The molecule has 0 amide bonds. The van der Waals surface area contributed by atoms with E-state index in [1.807, 2.05) is 0 Å². The quantitative estimate of drug-likeness (QED) is 0.0638. The Morgan fingerprint density at radius 2 is 0.700 bits per heavy atom. The normalized spacial score (nSPS) is 12.3. The zero-order valence-corrected chi connectivity index (χ0v) is 27.6. The number of aliphatic hydroxyl groups is 1. The van der Waals surface area contributed by atoms with Crippen LogP contribution in [-0.4, -0.2) is 36.2 Å². The minimum absolute atomic E-state index is 0.300. The fraction of sp³-hybridized carbons (Fsp3) is 0.842. The van der Waals surface area contributed by atoms with Gasteiger partial charge in [0.05, 0.1) is 6.61 Å². The first-order valence-corrected chi connectivity index (χ1v) is 18.1. The first-order chi connectivity index (χ1) is 19.8. The Balaban J connectivity index is 3.48. The molecule has 0 fully saturated rings. The second kappa shape index (κ2) is 36.2. The smallest absolute Gasteiger partial charge is 0.0558 e. The van der Waals surface area contributed by atoms with Gasteiger partial charge in [0.15, 0.2) is 0 Å². The summed E-state index contributed by atoms with van der Waals surface area (Å²) in [6.45, 7) is 8.04. The van der Waals surface area contributed by atoms with Crippen molar-refractivity contribution >= 4 is 0 Å². The average molecular weight is 560 g/mol. The van der Waals surface area contributed by atoms with Gasteiger partial charge < -0.3 is 10.0 Å². The standard InChI is InChI=1S/C38H73NO/c1-3-5-7-9-11-13-15-17-19-21-23-25-27-29-31-33-35-39(37-38-40)36-34-32-30-28-26-24-22-20-18-16-14-12-10-8-6-4-2/h11,13,17-20,40H,3-10,12,14-16,21-38H2,1-2H3/b13-11-,19-17-,20-18-. The van der Waals surface area contributed by atoms with Crippen molar-refractivity contribution in [2.24, 2.45) is 0 Å². The summed E-state index contributed by atoms with van der Waals surface area (Å²) in [5.41, 5.74) is 0. The predicted molar refractivity (Wildman–Crippen MR) is 182 cm³/mol. The first-order valence-electron chi connectivity index (χ1n) is 18.1. The number of allylic oxidation sites excluding steroid dienone is 6. The van der Waals surface area contributed by atoms with Gasteiger partial charge in [-0.2, -0.15) is 0 Å². The van der Waals surface area contributed by atoms with Crippen LogP contribution in [0, 0.1) is 0 Å². The molecule has 2 nitrogen and oxygen atoms in total. The van der Waals surface area contributed by atoms with Crippen molar-refractivity contribution in [3.8, 4) is 0 Å². The maximum atomic E-state index is 9.45. The van der Waals surface area contributed by atoms with Gasteiger partial charge in [0.1, 0.15) is 0 Å². The molecule has 0 saturated heterocycles. The van der Waals surface area contributed by atoms with Crippen LogP contribution in [0.2, 0.25) is 0 Å². The minimum atomic E-state index is 0.300. The Morgan fingerprint density at radius 3 is 1.12 bits per heavy atom. The average Bonchev–Trinajstić information content (AvgIpc) is 2.96. The summed E-state index contributed by atoms with van der Waals surface area (Å²) in [7, 11) is 0. The number of rotatable bonds is 33.